The van der Waals surface area contributed by atoms with Gasteiger partial charge in [-0.3, -0.25) is 9.59 Å². The molecule has 0 saturated carbocycles. The van der Waals surface area contributed by atoms with Crippen LogP contribution in [0.5, 0.6) is 0 Å². The lowest BCUT2D eigenvalue weighted by atomic mass is 9.72. The minimum Gasteiger partial charge on any atom is -0.363 e. The summed E-state index contributed by atoms with van der Waals surface area (Å²) in [6.07, 6.45) is 3.39. The van der Waals surface area contributed by atoms with E-state index in [1.54, 1.807) is 18.2 Å². The zero-order valence-corrected chi connectivity index (χ0v) is 14.5. The first-order chi connectivity index (χ1) is 11.2. The monoisotopic (exact) mass is 349 g/mol. The van der Waals surface area contributed by atoms with E-state index in [1.165, 1.54) is 32.2 Å². The summed E-state index contributed by atoms with van der Waals surface area (Å²) in [4.78, 5) is 24.9. The maximum absolute atomic E-state index is 13.0. The number of amides is 1. The number of carbonyl (C=O) groups excluding carboxylic acids is 2. The number of hydrogen-bond acceptors (Lipinski definition) is 5. The van der Waals surface area contributed by atoms with Crippen LogP contribution in [0.4, 0.5) is 0 Å². The summed E-state index contributed by atoms with van der Waals surface area (Å²) in [5, 5.41) is 0. The molecule has 3 atom stereocenters. The molecule has 4 rings (SSSR count). The van der Waals surface area contributed by atoms with Crippen molar-refractivity contribution in [2.24, 2.45) is 5.92 Å². The standard InChI is InChI=1S/C17H19NO5S/c1-11-4-6-14(7-5-11)24(21,22)18-13-8-9-17(23-3,16(18)20)15(10-13)12(2)19/h4-9,13,15H,10H2,1-3H3/t13-,15-,17-/m0/s1. The fourth-order valence-corrected chi connectivity index (χ4v) is 5.04. The zero-order chi connectivity index (χ0) is 17.7. The van der Waals surface area contributed by atoms with Gasteiger partial charge in [0.1, 0.15) is 5.78 Å². The van der Waals surface area contributed by atoms with E-state index >= 15 is 0 Å². The van der Waals surface area contributed by atoms with Crippen molar-refractivity contribution in [1.82, 2.24) is 4.31 Å². The number of ketones is 1. The summed E-state index contributed by atoms with van der Waals surface area (Å²) in [6, 6.07) is 5.65. The van der Waals surface area contributed by atoms with Gasteiger partial charge < -0.3 is 4.74 Å². The number of carbonyl (C=O) groups is 2. The van der Waals surface area contributed by atoms with Gasteiger partial charge in [-0.15, -0.1) is 0 Å². The number of hydrogen-bond donors (Lipinski definition) is 0. The predicted molar refractivity (Wildman–Crippen MR) is 86.7 cm³/mol. The number of sulfonamides is 1. The van der Waals surface area contributed by atoms with Crippen molar-refractivity contribution >= 4 is 21.7 Å². The minimum atomic E-state index is -4.01. The molecule has 2 aliphatic heterocycles. The number of Topliss-reactive ketones (excluding diaryl/α,β-unsaturated/α-hetero) is 1. The SMILES string of the molecule is CO[C@@]12C=C[C@@H](C[C@H]1C(C)=O)N(S(=O)(=O)c1ccc(C)cc1)C2=O. The normalized spacial score (nSPS) is 29.1. The molecule has 0 spiro atoms. The largest absolute Gasteiger partial charge is 0.363 e. The molecule has 3 aliphatic rings. The second kappa shape index (κ2) is 5.53. The highest BCUT2D eigenvalue weighted by Crippen LogP contribution is 2.43. The minimum absolute atomic E-state index is 0.0491. The Morgan fingerprint density at radius 3 is 2.46 bits per heavy atom. The first kappa shape index (κ1) is 16.9. The molecule has 6 nitrogen and oxygen atoms in total. The van der Waals surface area contributed by atoms with E-state index in [1.807, 2.05) is 6.92 Å². The molecular weight excluding hydrogens is 330 g/mol. The van der Waals surface area contributed by atoms with Crippen LogP contribution in [0, 0.1) is 12.8 Å². The van der Waals surface area contributed by atoms with Crippen LogP contribution in [0.2, 0.25) is 0 Å². The van der Waals surface area contributed by atoms with Gasteiger partial charge in [0.15, 0.2) is 5.60 Å². The quantitative estimate of drug-likeness (QED) is 0.769. The summed E-state index contributed by atoms with van der Waals surface area (Å²) in [5.41, 5.74) is -0.622. The van der Waals surface area contributed by atoms with Gasteiger partial charge in [-0.2, -0.15) is 0 Å². The second-order valence-electron chi connectivity index (χ2n) is 6.24. The van der Waals surface area contributed by atoms with Crippen LogP contribution in [-0.2, 0) is 24.3 Å². The van der Waals surface area contributed by atoms with Gasteiger partial charge in [0.2, 0.25) is 0 Å². The highest BCUT2D eigenvalue weighted by molar-refractivity contribution is 7.89. The summed E-state index contributed by atoms with van der Waals surface area (Å²) in [7, 11) is -2.69. The Kier molecular flexibility index (Phi) is 3.88. The topological polar surface area (TPSA) is 80.8 Å². The van der Waals surface area contributed by atoms with E-state index in [9.17, 15) is 18.0 Å². The van der Waals surface area contributed by atoms with Crippen molar-refractivity contribution in [2.75, 3.05) is 7.11 Å². The van der Waals surface area contributed by atoms with Crippen LogP contribution in [0.15, 0.2) is 41.3 Å². The third-order valence-corrected chi connectivity index (χ3v) is 6.63. The highest BCUT2D eigenvalue weighted by Gasteiger charge is 2.60. The molecule has 128 valence electrons. The number of aryl methyl sites for hydroxylation is 1. The molecule has 7 heteroatoms. The Balaban J connectivity index is 2.09. The molecule has 1 aromatic carbocycles. The predicted octanol–water partition coefficient (Wildman–Crippen LogP) is 1.44. The van der Waals surface area contributed by atoms with E-state index in [-0.39, 0.29) is 17.1 Å². The van der Waals surface area contributed by atoms with Crippen LogP contribution in [-0.4, -0.2) is 43.2 Å². The van der Waals surface area contributed by atoms with Gasteiger partial charge >= 0.3 is 0 Å². The number of nitrogens with zero attached hydrogens (tertiary/aromatic N) is 1. The lowest BCUT2D eigenvalue weighted by Gasteiger charge is -2.49. The van der Waals surface area contributed by atoms with Gasteiger partial charge in [-0.25, -0.2) is 12.7 Å². The van der Waals surface area contributed by atoms with Crippen molar-refractivity contribution in [3.8, 4) is 0 Å². The number of piperidine rings is 1. The zero-order valence-electron chi connectivity index (χ0n) is 13.7. The lowest BCUT2D eigenvalue weighted by molar-refractivity contribution is -0.164. The third-order valence-electron chi connectivity index (χ3n) is 4.80. The van der Waals surface area contributed by atoms with Crippen LogP contribution >= 0.6 is 0 Å². The molecule has 0 unspecified atom stereocenters. The Labute approximate surface area is 141 Å². The molecule has 0 N–H and O–H groups in total. The fourth-order valence-electron chi connectivity index (χ4n) is 3.46. The number of ether oxygens (including phenoxy) is 1. The molecule has 1 saturated heterocycles. The summed E-state index contributed by atoms with van der Waals surface area (Å²) >= 11 is 0. The summed E-state index contributed by atoms with van der Waals surface area (Å²) < 4.78 is 32.2. The molecule has 2 heterocycles. The number of methoxy groups -OCH3 is 1. The molecule has 1 amide bonds. The Morgan fingerprint density at radius 2 is 1.92 bits per heavy atom. The molecule has 2 bridgehead atoms. The van der Waals surface area contributed by atoms with Crippen LogP contribution in [0.3, 0.4) is 0 Å². The molecule has 0 radical (unpaired) electrons. The molecule has 0 aromatic heterocycles. The van der Waals surface area contributed by atoms with Crippen molar-refractivity contribution in [1.29, 1.82) is 0 Å². The number of benzene rings is 1. The van der Waals surface area contributed by atoms with Crippen molar-refractivity contribution < 1.29 is 22.7 Å². The van der Waals surface area contributed by atoms with Gasteiger partial charge in [0.05, 0.1) is 16.9 Å². The first-order valence-corrected chi connectivity index (χ1v) is 9.08. The average Bonchev–Trinajstić information content (AvgIpc) is 2.55. The van der Waals surface area contributed by atoms with Crippen LogP contribution in [0.1, 0.15) is 18.9 Å². The van der Waals surface area contributed by atoms with Crippen LogP contribution in [0.25, 0.3) is 0 Å². The summed E-state index contributed by atoms with van der Waals surface area (Å²) in [6.45, 7) is 3.25. The smallest absolute Gasteiger partial charge is 0.273 e. The van der Waals surface area contributed by atoms with Crippen LogP contribution < -0.4 is 0 Å². The number of rotatable bonds is 4. The molecule has 1 aromatic rings. The Morgan fingerprint density at radius 1 is 1.29 bits per heavy atom. The Bertz CT molecular complexity index is 827. The Hall–Kier alpha value is -1.99. The van der Waals surface area contributed by atoms with Gasteiger partial charge in [-0.05, 0) is 38.5 Å². The van der Waals surface area contributed by atoms with Crippen molar-refractivity contribution in [3.05, 3.63) is 42.0 Å². The average molecular weight is 349 g/mol. The summed E-state index contributed by atoms with van der Waals surface area (Å²) in [5.74, 6) is -1.56. The van der Waals surface area contributed by atoms with E-state index < -0.39 is 33.5 Å². The van der Waals surface area contributed by atoms with Gasteiger partial charge in [0.25, 0.3) is 15.9 Å². The molecule has 24 heavy (non-hydrogen) atoms. The van der Waals surface area contributed by atoms with E-state index in [4.69, 9.17) is 4.74 Å². The highest BCUT2D eigenvalue weighted by atomic mass is 32.2. The maximum Gasteiger partial charge on any atom is 0.273 e. The fraction of sp³-hybridized carbons (Fsp3) is 0.412. The maximum atomic E-state index is 13.0. The lowest BCUT2D eigenvalue weighted by Crippen LogP contribution is -2.66. The van der Waals surface area contributed by atoms with Crippen molar-refractivity contribution in [3.63, 3.8) is 0 Å². The second-order valence-corrected chi connectivity index (χ2v) is 8.06. The number of fused-ring (bicyclic) bond motifs is 2. The third kappa shape index (κ3) is 2.22. The molecular formula is C17H19NO5S. The molecule has 1 aliphatic carbocycles. The van der Waals surface area contributed by atoms with E-state index in [2.05, 4.69) is 0 Å². The first-order valence-electron chi connectivity index (χ1n) is 7.64. The van der Waals surface area contributed by atoms with Gasteiger partial charge in [0, 0.05) is 7.11 Å². The van der Waals surface area contributed by atoms with Crippen molar-refractivity contribution in [2.45, 2.75) is 36.8 Å². The van der Waals surface area contributed by atoms with Gasteiger partial charge in [-0.1, -0.05) is 23.8 Å². The van der Waals surface area contributed by atoms with E-state index in [0.29, 0.717) is 0 Å². The molecule has 1 fully saturated rings. The van der Waals surface area contributed by atoms with E-state index in [0.717, 1.165) is 9.87 Å².